The number of fused-ring (bicyclic) bond motifs is 1. The second-order valence-electron chi connectivity index (χ2n) is 4.95. The van der Waals surface area contributed by atoms with Crippen LogP contribution >= 0.6 is 0 Å². The molecule has 0 fully saturated rings. The minimum atomic E-state index is -3.04. The highest BCUT2D eigenvalue weighted by atomic mass is 28.4. The molecule has 0 saturated carbocycles. The summed E-state index contributed by atoms with van der Waals surface area (Å²) in [5.74, 6) is 0.785. The van der Waals surface area contributed by atoms with Crippen LogP contribution < -0.4 is 9.92 Å². The van der Waals surface area contributed by atoms with Gasteiger partial charge >= 0.3 is 8.80 Å². The lowest BCUT2D eigenvalue weighted by molar-refractivity contribution is 0.0855. The fourth-order valence-corrected chi connectivity index (χ4v) is 5.59. The van der Waals surface area contributed by atoms with Crippen molar-refractivity contribution in [2.45, 2.75) is 27.7 Å². The van der Waals surface area contributed by atoms with Crippen LogP contribution in [0.15, 0.2) is 36.4 Å². The Bertz CT molecular complexity index is 612. The van der Waals surface area contributed by atoms with Crippen LogP contribution in [0.4, 0.5) is 0 Å². The number of ether oxygens (including phenoxy) is 1. The van der Waals surface area contributed by atoms with E-state index in [1.54, 1.807) is 0 Å². The van der Waals surface area contributed by atoms with E-state index < -0.39 is 8.80 Å². The van der Waals surface area contributed by atoms with E-state index in [0.29, 0.717) is 26.4 Å². The van der Waals surface area contributed by atoms with Gasteiger partial charge in [0.25, 0.3) is 0 Å². The molecule has 0 aliphatic heterocycles. The predicted molar refractivity (Wildman–Crippen MR) is 95.4 cm³/mol. The van der Waals surface area contributed by atoms with Gasteiger partial charge in [0, 0.05) is 19.8 Å². The Balaban J connectivity index is 2.74. The second kappa shape index (κ2) is 8.45. The van der Waals surface area contributed by atoms with Crippen molar-refractivity contribution in [3.05, 3.63) is 36.4 Å². The summed E-state index contributed by atoms with van der Waals surface area (Å²) >= 11 is 0. The van der Waals surface area contributed by atoms with E-state index in [1.807, 2.05) is 45.9 Å². The van der Waals surface area contributed by atoms with Gasteiger partial charge in [0.05, 0.1) is 11.8 Å². The average molecular weight is 334 g/mol. The smallest absolute Gasteiger partial charge is 0.494 e. The molecule has 0 aliphatic carbocycles. The Hall–Kier alpha value is -1.40. The third kappa shape index (κ3) is 3.75. The maximum absolute atomic E-state index is 6.11. The van der Waals surface area contributed by atoms with Gasteiger partial charge in [0.1, 0.15) is 5.75 Å². The predicted octanol–water partition coefficient (Wildman–Crippen LogP) is 3.49. The molecular weight excluding hydrogens is 308 g/mol. The highest BCUT2D eigenvalue weighted by Gasteiger charge is 2.47. The normalized spacial score (nSPS) is 11.8. The van der Waals surface area contributed by atoms with Gasteiger partial charge in [0.2, 0.25) is 0 Å². The average Bonchev–Trinajstić information content (AvgIpc) is 2.55. The molecule has 0 unspecified atom stereocenters. The SMILES string of the molecule is CCOc1ccc2ccccc2c1[Si](OCC)(OCC)OCC. The summed E-state index contributed by atoms with van der Waals surface area (Å²) in [5.41, 5.74) is 0. The second-order valence-corrected chi connectivity index (χ2v) is 7.43. The molecule has 23 heavy (non-hydrogen) atoms. The van der Waals surface area contributed by atoms with E-state index in [9.17, 15) is 0 Å². The molecule has 0 aromatic heterocycles. The van der Waals surface area contributed by atoms with Gasteiger partial charge in [-0.05, 0) is 44.5 Å². The third-order valence-corrected chi connectivity index (χ3v) is 6.63. The zero-order valence-corrected chi connectivity index (χ0v) is 15.4. The van der Waals surface area contributed by atoms with Gasteiger partial charge in [-0.25, -0.2) is 0 Å². The topological polar surface area (TPSA) is 36.9 Å². The van der Waals surface area contributed by atoms with Crippen LogP contribution in [-0.4, -0.2) is 35.2 Å². The van der Waals surface area contributed by atoms with Crippen LogP contribution in [0.2, 0.25) is 0 Å². The summed E-state index contributed by atoms with van der Waals surface area (Å²) in [6.07, 6.45) is 0. The molecule has 0 radical (unpaired) electrons. The molecule has 0 bridgehead atoms. The lowest BCUT2D eigenvalue weighted by Gasteiger charge is -2.31. The summed E-state index contributed by atoms with van der Waals surface area (Å²) in [7, 11) is -3.04. The molecule has 126 valence electrons. The lowest BCUT2D eigenvalue weighted by Crippen LogP contribution is -2.57. The first-order chi connectivity index (χ1) is 11.2. The zero-order chi connectivity index (χ0) is 16.7. The van der Waals surface area contributed by atoms with Gasteiger partial charge in [-0.2, -0.15) is 0 Å². The molecule has 4 nitrogen and oxygen atoms in total. The van der Waals surface area contributed by atoms with Gasteiger partial charge < -0.3 is 18.0 Å². The van der Waals surface area contributed by atoms with Gasteiger partial charge in [-0.1, -0.05) is 30.3 Å². The molecule has 0 heterocycles. The van der Waals surface area contributed by atoms with E-state index in [4.69, 9.17) is 18.0 Å². The van der Waals surface area contributed by atoms with Crippen molar-refractivity contribution in [2.24, 2.45) is 0 Å². The fourth-order valence-electron chi connectivity index (χ4n) is 2.75. The Morgan fingerprint density at radius 2 is 1.35 bits per heavy atom. The summed E-state index contributed by atoms with van der Waals surface area (Å²) in [5, 5.41) is 3.13. The van der Waals surface area contributed by atoms with Crippen LogP contribution in [0.1, 0.15) is 27.7 Å². The minimum Gasteiger partial charge on any atom is -0.494 e. The first-order valence-electron chi connectivity index (χ1n) is 8.29. The Labute approximate surface area is 139 Å². The number of hydrogen-bond donors (Lipinski definition) is 0. The van der Waals surface area contributed by atoms with Crippen molar-refractivity contribution < 1.29 is 18.0 Å². The van der Waals surface area contributed by atoms with E-state index in [0.717, 1.165) is 21.7 Å². The van der Waals surface area contributed by atoms with E-state index in [2.05, 4.69) is 18.2 Å². The monoisotopic (exact) mass is 334 g/mol. The first kappa shape index (κ1) is 17.9. The number of hydrogen-bond acceptors (Lipinski definition) is 4. The zero-order valence-electron chi connectivity index (χ0n) is 14.4. The van der Waals surface area contributed by atoms with Crippen LogP contribution in [-0.2, 0) is 13.3 Å². The van der Waals surface area contributed by atoms with Crippen LogP contribution in [0.25, 0.3) is 10.8 Å². The number of benzene rings is 2. The summed E-state index contributed by atoms with van der Waals surface area (Å²) < 4.78 is 24.2. The molecule has 2 rings (SSSR count). The van der Waals surface area contributed by atoms with E-state index in [1.165, 1.54) is 0 Å². The summed E-state index contributed by atoms with van der Waals surface area (Å²) in [6.45, 7) is 10.0. The quantitative estimate of drug-likeness (QED) is 0.658. The van der Waals surface area contributed by atoms with Gasteiger partial charge in [0.15, 0.2) is 0 Å². The molecule has 0 aliphatic rings. The lowest BCUT2D eigenvalue weighted by atomic mass is 10.1. The van der Waals surface area contributed by atoms with Crippen molar-refractivity contribution in [1.82, 2.24) is 0 Å². The molecular formula is C18H26O4Si. The first-order valence-corrected chi connectivity index (χ1v) is 10.0. The molecule has 0 N–H and O–H groups in total. The minimum absolute atomic E-state index is 0.529. The van der Waals surface area contributed by atoms with Crippen LogP contribution in [0.3, 0.4) is 0 Å². The largest absolute Gasteiger partial charge is 0.541 e. The fraction of sp³-hybridized carbons (Fsp3) is 0.444. The van der Waals surface area contributed by atoms with Crippen molar-refractivity contribution in [1.29, 1.82) is 0 Å². The maximum atomic E-state index is 6.11. The van der Waals surface area contributed by atoms with Gasteiger partial charge in [-0.3, -0.25) is 0 Å². The van der Waals surface area contributed by atoms with Crippen molar-refractivity contribution >= 4 is 24.8 Å². The Morgan fingerprint density at radius 3 is 1.91 bits per heavy atom. The van der Waals surface area contributed by atoms with Crippen molar-refractivity contribution in [2.75, 3.05) is 26.4 Å². The Morgan fingerprint density at radius 1 is 0.739 bits per heavy atom. The van der Waals surface area contributed by atoms with Crippen LogP contribution in [0.5, 0.6) is 5.75 Å². The van der Waals surface area contributed by atoms with E-state index in [-0.39, 0.29) is 0 Å². The molecule has 0 amide bonds. The van der Waals surface area contributed by atoms with Gasteiger partial charge in [-0.15, -0.1) is 0 Å². The highest BCUT2D eigenvalue weighted by Crippen LogP contribution is 2.25. The van der Waals surface area contributed by atoms with Crippen LogP contribution in [0, 0.1) is 0 Å². The third-order valence-electron chi connectivity index (χ3n) is 3.50. The number of rotatable bonds is 9. The molecule has 5 heteroatoms. The Kier molecular flexibility index (Phi) is 6.59. The standard InChI is InChI=1S/C18H26O4Si/c1-5-19-17-14-13-15-11-9-10-12-16(15)18(17)23(20-6-2,21-7-3)22-8-4/h9-14H,5-8H2,1-4H3. The molecule has 2 aromatic carbocycles. The molecule has 0 spiro atoms. The van der Waals surface area contributed by atoms with E-state index >= 15 is 0 Å². The van der Waals surface area contributed by atoms with Crippen molar-refractivity contribution in [3.63, 3.8) is 0 Å². The molecule has 2 aromatic rings. The summed E-state index contributed by atoms with van der Waals surface area (Å²) in [6, 6.07) is 12.2. The maximum Gasteiger partial charge on any atom is 0.541 e. The molecule has 0 atom stereocenters. The summed E-state index contributed by atoms with van der Waals surface area (Å²) in [4.78, 5) is 0. The molecule has 0 saturated heterocycles. The van der Waals surface area contributed by atoms with Crippen molar-refractivity contribution in [3.8, 4) is 5.75 Å². The highest BCUT2D eigenvalue weighted by molar-refractivity contribution is 6.78.